The maximum atomic E-state index is 12.2. The summed E-state index contributed by atoms with van der Waals surface area (Å²) < 4.78 is 5.57. The summed E-state index contributed by atoms with van der Waals surface area (Å²) in [5.74, 6) is -0.0365. The van der Waals surface area contributed by atoms with Crippen molar-refractivity contribution in [1.82, 2.24) is 4.90 Å². The molecule has 1 amide bonds. The van der Waals surface area contributed by atoms with E-state index in [-0.39, 0.29) is 18.1 Å². The highest BCUT2D eigenvalue weighted by Gasteiger charge is 2.33. The number of ether oxygens (including phenoxy) is 1. The molecule has 0 radical (unpaired) electrons. The van der Waals surface area contributed by atoms with Crippen molar-refractivity contribution in [3.8, 4) is 0 Å². The predicted octanol–water partition coefficient (Wildman–Crippen LogP) is 0.112. The van der Waals surface area contributed by atoms with Crippen molar-refractivity contribution >= 4 is 5.91 Å². The Labute approximate surface area is 103 Å². The molecule has 1 fully saturated rings. The number of nitrogens with zero attached hydrogens (tertiary/aromatic N) is 1. The molecule has 1 heterocycles. The number of aliphatic hydroxyl groups is 1. The summed E-state index contributed by atoms with van der Waals surface area (Å²) in [6, 6.07) is 0. The van der Waals surface area contributed by atoms with Gasteiger partial charge in [0.1, 0.15) is 6.10 Å². The molecule has 0 bridgehead atoms. The van der Waals surface area contributed by atoms with Crippen LogP contribution < -0.4 is 5.73 Å². The van der Waals surface area contributed by atoms with Crippen LogP contribution in [0.15, 0.2) is 0 Å². The SMILES string of the molecule is CCN(CC(C)(C)O)C(=O)C1CCC(CN)O1. The molecule has 1 saturated heterocycles. The Morgan fingerprint density at radius 3 is 2.59 bits per heavy atom. The summed E-state index contributed by atoms with van der Waals surface area (Å²) in [6.07, 6.45) is 1.19. The van der Waals surface area contributed by atoms with Crippen molar-refractivity contribution in [2.24, 2.45) is 5.73 Å². The maximum absolute atomic E-state index is 12.2. The fourth-order valence-corrected chi connectivity index (χ4v) is 2.08. The molecule has 3 N–H and O–H groups in total. The van der Waals surface area contributed by atoms with Crippen LogP contribution in [0.4, 0.5) is 0 Å². The van der Waals surface area contributed by atoms with Gasteiger partial charge in [0.05, 0.1) is 11.7 Å². The fourth-order valence-electron chi connectivity index (χ4n) is 2.08. The van der Waals surface area contributed by atoms with Crippen LogP contribution in [0.2, 0.25) is 0 Å². The van der Waals surface area contributed by atoms with Gasteiger partial charge in [-0.05, 0) is 33.6 Å². The van der Waals surface area contributed by atoms with Gasteiger partial charge >= 0.3 is 0 Å². The number of nitrogens with two attached hydrogens (primary N) is 1. The van der Waals surface area contributed by atoms with Gasteiger partial charge in [0.25, 0.3) is 5.91 Å². The monoisotopic (exact) mass is 244 g/mol. The van der Waals surface area contributed by atoms with Gasteiger partial charge in [-0.3, -0.25) is 4.79 Å². The van der Waals surface area contributed by atoms with E-state index in [9.17, 15) is 9.90 Å². The van der Waals surface area contributed by atoms with E-state index in [0.29, 0.717) is 19.6 Å². The highest BCUT2D eigenvalue weighted by Crippen LogP contribution is 2.21. The van der Waals surface area contributed by atoms with Crippen molar-refractivity contribution < 1.29 is 14.6 Å². The molecule has 2 atom stereocenters. The lowest BCUT2D eigenvalue weighted by atomic mass is 10.1. The van der Waals surface area contributed by atoms with Crippen molar-refractivity contribution in [1.29, 1.82) is 0 Å². The van der Waals surface area contributed by atoms with Crippen LogP contribution in [0, 0.1) is 0 Å². The quantitative estimate of drug-likeness (QED) is 0.720. The lowest BCUT2D eigenvalue weighted by molar-refractivity contribution is -0.145. The third kappa shape index (κ3) is 4.26. The topological polar surface area (TPSA) is 75.8 Å². The normalized spacial score (nSPS) is 25.0. The zero-order valence-corrected chi connectivity index (χ0v) is 11.0. The molecule has 100 valence electrons. The highest BCUT2D eigenvalue weighted by atomic mass is 16.5. The number of rotatable bonds is 5. The van der Waals surface area contributed by atoms with Crippen LogP contribution in [0.3, 0.4) is 0 Å². The van der Waals surface area contributed by atoms with E-state index in [1.54, 1.807) is 18.7 Å². The Hall–Kier alpha value is -0.650. The average Bonchev–Trinajstić information content (AvgIpc) is 2.72. The van der Waals surface area contributed by atoms with Crippen molar-refractivity contribution in [2.45, 2.75) is 51.4 Å². The van der Waals surface area contributed by atoms with E-state index in [1.165, 1.54) is 0 Å². The molecule has 2 unspecified atom stereocenters. The van der Waals surface area contributed by atoms with E-state index in [0.717, 1.165) is 12.8 Å². The summed E-state index contributed by atoms with van der Waals surface area (Å²) in [5, 5.41) is 9.75. The minimum Gasteiger partial charge on any atom is -0.389 e. The second-order valence-electron chi connectivity index (χ2n) is 5.22. The number of hydrogen-bond donors (Lipinski definition) is 2. The first kappa shape index (κ1) is 14.4. The van der Waals surface area contributed by atoms with Gasteiger partial charge in [0, 0.05) is 19.6 Å². The van der Waals surface area contributed by atoms with Crippen LogP contribution in [0.5, 0.6) is 0 Å². The first-order chi connectivity index (χ1) is 7.87. The summed E-state index contributed by atoms with van der Waals surface area (Å²) in [6.45, 7) is 6.66. The number of amides is 1. The van der Waals surface area contributed by atoms with E-state index in [1.807, 2.05) is 6.92 Å². The minimum absolute atomic E-state index is 0.00444. The smallest absolute Gasteiger partial charge is 0.251 e. The summed E-state index contributed by atoms with van der Waals surface area (Å²) in [4.78, 5) is 13.8. The number of carbonyl (C=O) groups is 1. The molecule has 1 rings (SSSR count). The number of likely N-dealkylation sites (N-methyl/N-ethyl adjacent to an activating group) is 1. The van der Waals surface area contributed by atoms with Crippen LogP contribution >= 0.6 is 0 Å². The van der Waals surface area contributed by atoms with Crippen LogP contribution in [0.1, 0.15) is 33.6 Å². The lowest BCUT2D eigenvalue weighted by Gasteiger charge is -2.30. The Morgan fingerprint density at radius 2 is 2.18 bits per heavy atom. The van der Waals surface area contributed by atoms with Crippen molar-refractivity contribution in [3.63, 3.8) is 0 Å². The Morgan fingerprint density at radius 1 is 1.53 bits per heavy atom. The fraction of sp³-hybridized carbons (Fsp3) is 0.917. The molecule has 17 heavy (non-hydrogen) atoms. The van der Waals surface area contributed by atoms with Crippen LogP contribution in [-0.4, -0.2) is 53.4 Å². The molecular weight excluding hydrogens is 220 g/mol. The van der Waals surface area contributed by atoms with Crippen molar-refractivity contribution in [3.05, 3.63) is 0 Å². The third-order valence-corrected chi connectivity index (χ3v) is 2.92. The Bertz CT molecular complexity index is 263. The third-order valence-electron chi connectivity index (χ3n) is 2.92. The summed E-state index contributed by atoms with van der Waals surface area (Å²) in [7, 11) is 0. The van der Waals surface area contributed by atoms with Gasteiger partial charge in [-0.1, -0.05) is 0 Å². The van der Waals surface area contributed by atoms with E-state index in [2.05, 4.69) is 0 Å². The average molecular weight is 244 g/mol. The van der Waals surface area contributed by atoms with Crippen molar-refractivity contribution in [2.75, 3.05) is 19.6 Å². The molecule has 0 spiro atoms. The zero-order valence-electron chi connectivity index (χ0n) is 11.0. The minimum atomic E-state index is -0.877. The van der Waals surface area contributed by atoms with E-state index < -0.39 is 5.60 Å². The highest BCUT2D eigenvalue weighted by molar-refractivity contribution is 5.81. The molecule has 5 nitrogen and oxygen atoms in total. The second-order valence-corrected chi connectivity index (χ2v) is 5.22. The summed E-state index contributed by atoms with van der Waals surface area (Å²) in [5.41, 5.74) is 4.64. The zero-order chi connectivity index (χ0) is 13.1. The Balaban J connectivity index is 2.55. The van der Waals surface area contributed by atoms with E-state index in [4.69, 9.17) is 10.5 Å². The molecule has 0 saturated carbocycles. The van der Waals surface area contributed by atoms with Gasteiger partial charge in [-0.2, -0.15) is 0 Å². The van der Waals surface area contributed by atoms with Gasteiger partial charge in [0.15, 0.2) is 0 Å². The van der Waals surface area contributed by atoms with Gasteiger partial charge < -0.3 is 20.5 Å². The lowest BCUT2D eigenvalue weighted by Crippen LogP contribution is -2.46. The van der Waals surface area contributed by atoms with Gasteiger partial charge in [0.2, 0.25) is 0 Å². The molecule has 0 aliphatic carbocycles. The second kappa shape index (κ2) is 5.80. The molecule has 0 aromatic carbocycles. The largest absolute Gasteiger partial charge is 0.389 e. The molecule has 1 aliphatic heterocycles. The van der Waals surface area contributed by atoms with Crippen LogP contribution in [0.25, 0.3) is 0 Å². The van der Waals surface area contributed by atoms with Crippen LogP contribution in [-0.2, 0) is 9.53 Å². The molecule has 5 heteroatoms. The number of hydrogen-bond acceptors (Lipinski definition) is 4. The van der Waals surface area contributed by atoms with E-state index >= 15 is 0 Å². The standard InChI is InChI=1S/C12H24N2O3/c1-4-14(8-12(2,3)16)11(15)10-6-5-9(7-13)17-10/h9-10,16H,4-8,13H2,1-3H3. The molecule has 0 aromatic heterocycles. The Kier molecular flexibility index (Phi) is 4.91. The maximum Gasteiger partial charge on any atom is 0.251 e. The van der Waals surface area contributed by atoms with Gasteiger partial charge in [-0.25, -0.2) is 0 Å². The molecule has 0 aromatic rings. The number of carbonyl (C=O) groups excluding carboxylic acids is 1. The first-order valence-electron chi connectivity index (χ1n) is 6.24. The van der Waals surface area contributed by atoms with Gasteiger partial charge in [-0.15, -0.1) is 0 Å². The molecular formula is C12H24N2O3. The summed E-state index contributed by atoms with van der Waals surface area (Å²) >= 11 is 0. The molecule has 1 aliphatic rings. The predicted molar refractivity (Wildman–Crippen MR) is 65.5 cm³/mol. The first-order valence-corrected chi connectivity index (χ1v) is 6.24.